The van der Waals surface area contributed by atoms with Crippen LogP contribution < -0.4 is 0 Å². The molecule has 3 heteroatoms. The second-order valence-corrected chi connectivity index (χ2v) is 4.83. The zero-order valence-electron chi connectivity index (χ0n) is 10.7. The molecule has 0 amide bonds. The van der Waals surface area contributed by atoms with Crippen LogP contribution in [0.3, 0.4) is 0 Å². The molecule has 92 valence electrons. The Balaban J connectivity index is 3.32. The van der Waals surface area contributed by atoms with Crippen molar-refractivity contribution in [3.05, 3.63) is 0 Å². The molecule has 0 aliphatic carbocycles. The van der Waals surface area contributed by atoms with Gasteiger partial charge in [-0.1, -0.05) is 26.2 Å². The minimum absolute atomic E-state index is 0.276. The first-order valence-electron chi connectivity index (χ1n) is 6.13. The minimum atomic E-state index is 0.276. The molecule has 0 atom stereocenters. The third-order valence-corrected chi connectivity index (χ3v) is 2.50. The van der Waals surface area contributed by atoms with Gasteiger partial charge in [-0.25, -0.2) is 0 Å². The fourth-order valence-corrected chi connectivity index (χ4v) is 1.51. The zero-order chi connectivity index (χ0) is 11.6. The summed E-state index contributed by atoms with van der Waals surface area (Å²) >= 11 is 0. The summed E-state index contributed by atoms with van der Waals surface area (Å²) < 4.78 is 6.47. The normalized spacial score (nSPS) is 12.0. The fourth-order valence-electron chi connectivity index (χ4n) is 1.51. The molecule has 0 saturated carbocycles. The van der Waals surface area contributed by atoms with Gasteiger partial charge in [0.2, 0.25) is 0 Å². The van der Waals surface area contributed by atoms with Gasteiger partial charge in [0.15, 0.2) is 6.73 Å². The van der Waals surface area contributed by atoms with Gasteiger partial charge < -0.3 is 14.3 Å². The first-order chi connectivity index (χ1) is 7.12. The molecule has 0 aliphatic rings. The average molecular weight is 218 g/mol. The molecule has 15 heavy (non-hydrogen) atoms. The van der Waals surface area contributed by atoms with Gasteiger partial charge >= 0.3 is 0 Å². The largest absolute Gasteiger partial charge is 0.396 e. The van der Waals surface area contributed by atoms with Crippen LogP contribution in [-0.4, -0.2) is 50.2 Å². The van der Waals surface area contributed by atoms with Gasteiger partial charge in [-0.3, -0.25) is 0 Å². The van der Waals surface area contributed by atoms with Crippen molar-refractivity contribution in [3.63, 3.8) is 0 Å². The lowest BCUT2D eigenvalue weighted by Gasteiger charge is -2.28. The third kappa shape index (κ3) is 10.2. The molecule has 0 unspecified atom stereocenters. The highest BCUT2D eigenvalue weighted by Crippen LogP contribution is 2.02. The molecule has 0 radical (unpaired) electrons. The number of rotatable bonds is 10. The number of hydrogen-bond donors (Lipinski definition) is 1. The molecular weight excluding hydrogens is 190 g/mol. The Morgan fingerprint density at radius 1 is 1.07 bits per heavy atom. The van der Waals surface area contributed by atoms with E-state index in [9.17, 15) is 0 Å². The topological polar surface area (TPSA) is 29.5 Å². The maximum Gasteiger partial charge on any atom is 0.182 e. The van der Waals surface area contributed by atoms with E-state index in [1.165, 1.54) is 25.7 Å². The highest BCUT2D eigenvalue weighted by molar-refractivity contribution is 4.38. The first-order valence-corrected chi connectivity index (χ1v) is 6.13. The van der Waals surface area contributed by atoms with Crippen LogP contribution >= 0.6 is 0 Å². The van der Waals surface area contributed by atoms with Gasteiger partial charge in [0, 0.05) is 13.0 Å². The molecule has 0 heterocycles. The number of hydrogen-bond acceptors (Lipinski definition) is 2. The van der Waals surface area contributed by atoms with E-state index < -0.39 is 0 Å². The van der Waals surface area contributed by atoms with Crippen molar-refractivity contribution in [3.8, 4) is 0 Å². The van der Waals surface area contributed by atoms with Crippen LogP contribution in [0.1, 0.15) is 39.0 Å². The van der Waals surface area contributed by atoms with Crippen molar-refractivity contribution >= 4 is 0 Å². The molecular formula is C12H28NO2+. The van der Waals surface area contributed by atoms with E-state index in [2.05, 4.69) is 21.0 Å². The number of nitrogens with zero attached hydrogens (tertiary/aromatic N) is 1. The Morgan fingerprint density at radius 3 is 2.40 bits per heavy atom. The maximum absolute atomic E-state index is 8.75. The van der Waals surface area contributed by atoms with E-state index in [4.69, 9.17) is 9.84 Å². The lowest BCUT2D eigenvalue weighted by Crippen LogP contribution is -2.42. The standard InChI is InChI=1S/C12H28NO2/c1-4-5-6-7-11-15-12-13(2,3)9-8-10-14/h14H,4-12H2,1-3H3/q+1. The quantitative estimate of drug-likeness (QED) is 0.345. The number of unbranched alkanes of at least 4 members (excludes halogenated alkanes) is 3. The smallest absolute Gasteiger partial charge is 0.182 e. The van der Waals surface area contributed by atoms with Crippen LogP contribution in [0.4, 0.5) is 0 Å². The Bertz CT molecular complexity index is 138. The van der Waals surface area contributed by atoms with E-state index in [1.807, 2.05) is 0 Å². The van der Waals surface area contributed by atoms with Crippen LogP contribution in [0.25, 0.3) is 0 Å². The Kier molecular flexibility index (Phi) is 9.06. The van der Waals surface area contributed by atoms with Crippen LogP contribution in [-0.2, 0) is 4.74 Å². The van der Waals surface area contributed by atoms with Crippen molar-refractivity contribution in [2.45, 2.75) is 39.0 Å². The SMILES string of the molecule is CCCCCCOC[N+](C)(C)CCCO. The summed E-state index contributed by atoms with van der Waals surface area (Å²) in [6, 6.07) is 0. The summed E-state index contributed by atoms with van der Waals surface area (Å²) in [6.07, 6.45) is 5.89. The van der Waals surface area contributed by atoms with Crippen molar-refractivity contribution in [1.29, 1.82) is 0 Å². The van der Waals surface area contributed by atoms with E-state index in [1.54, 1.807) is 0 Å². The Morgan fingerprint density at radius 2 is 1.80 bits per heavy atom. The predicted octanol–water partition coefficient (Wildman–Crippen LogP) is 2.00. The third-order valence-electron chi connectivity index (χ3n) is 2.50. The lowest BCUT2D eigenvalue weighted by molar-refractivity contribution is -0.909. The van der Waals surface area contributed by atoms with Crippen molar-refractivity contribution in [2.24, 2.45) is 0 Å². The first kappa shape index (κ1) is 14.9. The van der Waals surface area contributed by atoms with E-state index in [0.29, 0.717) is 0 Å². The van der Waals surface area contributed by atoms with Crippen LogP contribution in [0.2, 0.25) is 0 Å². The molecule has 3 nitrogen and oxygen atoms in total. The number of quaternary nitrogens is 1. The summed E-state index contributed by atoms with van der Waals surface area (Å²) in [5, 5.41) is 8.75. The number of ether oxygens (including phenoxy) is 1. The molecule has 0 fully saturated rings. The van der Waals surface area contributed by atoms with Crippen molar-refractivity contribution in [1.82, 2.24) is 0 Å². The monoisotopic (exact) mass is 218 g/mol. The fraction of sp³-hybridized carbons (Fsp3) is 1.00. The maximum atomic E-state index is 8.75. The minimum Gasteiger partial charge on any atom is -0.396 e. The highest BCUT2D eigenvalue weighted by Gasteiger charge is 2.13. The molecule has 0 aromatic heterocycles. The number of aliphatic hydroxyl groups excluding tert-OH is 1. The van der Waals surface area contributed by atoms with E-state index in [-0.39, 0.29) is 6.61 Å². The van der Waals surface area contributed by atoms with Gasteiger partial charge in [-0.2, -0.15) is 0 Å². The Labute approximate surface area is 94.6 Å². The van der Waals surface area contributed by atoms with Crippen molar-refractivity contribution < 1.29 is 14.3 Å². The van der Waals surface area contributed by atoms with Crippen LogP contribution in [0.5, 0.6) is 0 Å². The molecule has 0 aromatic rings. The van der Waals surface area contributed by atoms with Gasteiger partial charge in [0.25, 0.3) is 0 Å². The molecule has 0 bridgehead atoms. The summed E-state index contributed by atoms with van der Waals surface area (Å²) in [6.45, 7) is 5.10. The molecule has 0 spiro atoms. The Hall–Kier alpha value is -0.120. The summed E-state index contributed by atoms with van der Waals surface area (Å²) in [7, 11) is 4.28. The second kappa shape index (κ2) is 9.13. The molecule has 0 rings (SSSR count). The van der Waals surface area contributed by atoms with Crippen LogP contribution in [0.15, 0.2) is 0 Å². The highest BCUT2D eigenvalue weighted by atomic mass is 16.5. The second-order valence-electron chi connectivity index (χ2n) is 4.83. The van der Waals surface area contributed by atoms with Crippen molar-refractivity contribution in [2.75, 3.05) is 40.6 Å². The molecule has 0 aromatic carbocycles. The molecule has 1 N–H and O–H groups in total. The summed E-state index contributed by atoms with van der Waals surface area (Å²) in [4.78, 5) is 0. The average Bonchev–Trinajstić information content (AvgIpc) is 2.20. The summed E-state index contributed by atoms with van der Waals surface area (Å²) in [5.74, 6) is 0. The number of aliphatic hydroxyl groups is 1. The molecule has 0 saturated heterocycles. The lowest BCUT2D eigenvalue weighted by atomic mass is 10.2. The zero-order valence-corrected chi connectivity index (χ0v) is 10.7. The van der Waals surface area contributed by atoms with Gasteiger partial charge in [0.1, 0.15) is 0 Å². The summed E-state index contributed by atoms with van der Waals surface area (Å²) in [5.41, 5.74) is 0. The molecule has 0 aliphatic heterocycles. The van der Waals surface area contributed by atoms with Gasteiger partial charge in [-0.05, 0) is 6.42 Å². The van der Waals surface area contributed by atoms with E-state index >= 15 is 0 Å². The van der Waals surface area contributed by atoms with Gasteiger partial charge in [-0.15, -0.1) is 0 Å². The van der Waals surface area contributed by atoms with E-state index in [0.717, 1.165) is 30.8 Å². The predicted molar refractivity (Wildman–Crippen MR) is 63.6 cm³/mol. The van der Waals surface area contributed by atoms with Gasteiger partial charge in [0.05, 0.1) is 27.2 Å². The van der Waals surface area contributed by atoms with Crippen LogP contribution in [0, 0.1) is 0 Å².